The van der Waals surface area contributed by atoms with Crippen molar-refractivity contribution in [3.8, 4) is 0 Å². The van der Waals surface area contributed by atoms with Gasteiger partial charge in [0, 0.05) is 6.04 Å². The van der Waals surface area contributed by atoms with Gasteiger partial charge in [-0.1, -0.05) is 54.8 Å². The van der Waals surface area contributed by atoms with Gasteiger partial charge in [-0.05, 0) is 43.2 Å². The first-order valence-corrected chi connectivity index (χ1v) is 11.3. The number of thioether (sulfide) groups is 1. The summed E-state index contributed by atoms with van der Waals surface area (Å²) in [6, 6.07) is 11.2. The Morgan fingerprint density at radius 3 is 2.73 bits per heavy atom. The van der Waals surface area contributed by atoms with Crippen molar-refractivity contribution in [2.75, 3.05) is 11.1 Å². The molecule has 0 bridgehead atoms. The number of aromatic nitrogens is 2. The number of nitrogens with zero attached hydrogens (tertiary/aromatic N) is 2. The highest BCUT2D eigenvalue weighted by atomic mass is 35.5. The third-order valence-corrected chi connectivity index (χ3v) is 6.52. The Hall–Kier alpha value is -2.38. The van der Waals surface area contributed by atoms with E-state index in [4.69, 9.17) is 11.6 Å². The number of benzene rings is 2. The van der Waals surface area contributed by atoms with Crippen LogP contribution in [0.2, 0.25) is 5.02 Å². The molecule has 0 atom stereocenters. The molecule has 2 aromatic carbocycles. The van der Waals surface area contributed by atoms with Crippen LogP contribution < -0.4 is 10.9 Å². The first-order chi connectivity index (χ1) is 14.5. The predicted octanol–water partition coefficient (Wildman–Crippen LogP) is 5.43. The molecule has 3 aromatic rings. The second-order valence-electron chi connectivity index (χ2n) is 7.34. The number of hydrogen-bond donors (Lipinski definition) is 1. The number of rotatable bonds is 5. The first kappa shape index (κ1) is 20.9. The zero-order valence-electron chi connectivity index (χ0n) is 16.2. The number of nitrogens with one attached hydrogen (secondary N) is 1. The summed E-state index contributed by atoms with van der Waals surface area (Å²) in [5.41, 5.74) is 0.913. The minimum atomic E-state index is -0.468. The van der Waals surface area contributed by atoms with Gasteiger partial charge in [0.1, 0.15) is 5.82 Å². The molecule has 1 saturated carbocycles. The Balaban J connectivity index is 1.59. The number of hydrogen-bond acceptors (Lipinski definition) is 4. The van der Waals surface area contributed by atoms with E-state index in [0.717, 1.165) is 31.7 Å². The SMILES string of the molecule is O=C(CSc1nc2ccccc2c(=O)n1C1CCCCC1)Nc1ccc(F)cc1Cl. The highest BCUT2D eigenvalue weighted by Gasteiger charge is 2.22. The van der Waals surface area contributed by atoms with Gasteiger partial charge in [0.05, 0.1) is 27.4 Å². The minimum Gasteiger partial charge on any atom is -0.324 e. The second kappa shape index (κ2) is 9.18. The van der Waals surface area contributed by atoms with Crippen molar-refractivity contribution in [1.29, 1.82) is 0 Å². The number of carbonyl (C=O) groups excluding carboxylic acids is 1. The number of para-hydroxylation sites is 1. The van der Waals surface area contributed by atoms with E-state index in [0.29, 0.717) is 21.7 Å². The maximum atomic E-state index is 13.2. The van der Waals surface area contributed by atoms with Crippen LogP contribution in [0, 0.1) is 5.82 Å². The number of fused-ring (bicyclic) bond motifs is 1. The van der Waals surface area contributed by atoms with E-state index in [1.807, 2.05) is 18.2 Å². The van der Waals surface area contributed by atoms with Gasteiger partial charge in [-0.2, -0.15) is 0 Å². The fourth-order valence-corrected chi connectivity index (χ4v) is 4.88. The van der Waals surface area contributed by atoms with Gasteiger partial charge in [0.15, 0.2) is 5.16 Å². The van der Waals surface area contributed by atoms with Crippen LogP contribution in [0.3, 0.4) is 0 Å². The Morgan fingerprint density at radius 2 is 1.97 bits per heavy atom. The van der Waals surface area contributed by atoms with E-state index >= 15 is 0 Å². The molecule has 0 radical (unpaired) electrons. The lowest BCUT2D eigenvalue weighted by Crippen LogP contribution is -2.29. The summed E-state index contributed by atoms with van der Waals surface area (Å²) < 4.78 is 15.0. The molecule has 0 unspecified atom stereocenters. The Kier molecular flexibility index (Phi) is 6.39. The summed E-state index contributed by atoms with van der Waals surface area (Å²) in [4.78, 5) is 30.4. The van der Waals surface area contributed by atoms with Gasteiger partial charge < -0.3 is 5.32 Å². The van der Waals surface area contributed by atoms with Crippen LogP contribution in [0.4, 0.5) is 10.1 Å². The standard InChI is InChI=1S/C22H21ClFN3O2S/c23-17-12-14(24)10-11-19(17)25-20(28)13-30-22-26-18-9-5-4-8-16(18)21(29)27(22)15-6-2-1-3-7-15/h4-5,8-12,15H,1-3,6-7,13H2,(H,25,28). The molecule has 1 aromatic heterocycles. The number of carbonyl (C=O) groups is 1. The molecule has 30 heavy (non-hydrogen) atoms. The van der Waals surface area contributed by atoms with Crippen molar-refractivity contribution in [3.05, 3.63) is 63.7 Å². The van der Waals surface area contributed by atoms with Crippen LogP contribution >= 0.6 is 23.4 Å². The average Bonchev–Trinajstić information content (AvgIpc) is 2.75. The number of amides is 1. The summed E-state index contributed by atoms with van der Waals surface area (Å²) in [6.45, 7) is 0. The summed E-state index contributed by atoms with van der Waals surface area (Å²) in [5.74, 6) is -0.707. The number of anilines is 1. The first-order valence-electron chi connectivity index (χ1n) is 9.92. The lowest BCUT2D eigenvalue weighted by molar-refractivity contribution is -0.113. The Labute approximate surface area is 182 Å². The summed E-state index contributed by atoms with van der Waals surface area (Å²) in [5, 5.41) is 3.96. The monoisotopic (exact) mass is 445 g/mol. The van der Waals surface area contributed by atoms with E-state index in [1.54, 1.807) is 10.6 Å². The number of halogens is 2. The normalized spacial score (nSPS) is 14.7. The minimum absolute atomic E-state index is 0.0583. The molecule has 5 nitrogen and oxygen atoms in total. The molecular formula is C22H21ClFN3O2S. The summed E-state index contributed by atoms with van der Waals surface area (Å²) in [7, 11) is 0. The molecule has 1 heterocycles. The van der Waals surface area contributed by atoms with Crippen molar-refractivity contribution in [2.45, 2.75) is 43.3 Å². The summed E-state index contributed by atoms with van der Waals surface area (Å²) >= 11 is 7.21. The van der Waals surface area contributed by atoms with Gasteiger partial charge in [0.25, 0.3) is 5.56 Å². The second-order valence-corrected chi connectivity index (χ2v) is 8.69. The maximum Gasteiger partial charge on any atom is 0.262 e. The lowest BCUT2D eigenvalue weighted by Gasteiger charge is -2.26. The smallest absolute Gasteiger partial charge is 0.262 e. The Morgan fingerprint density at radius 1 is 1.20 bits per heavy atom. The van der Waals surface area contributed by atoms with Gasteiger partial charge in [-0.25, -0.2) is 9.37 Å². The van der Waals surface area contributed by atoms with Gasteiger partial charge in [-0.15, -0.1) is 0 Å². The zero-order valence-corrected chi connectivity index (χ0v) is 17.8. The van der Waals surface area contributed by atoms with Crippen LogP contribution in [-0.2, 0) is 4.79 Å². The highest BCUT2D eigenvalue weighted by molar-refractivity contribution is 7.99. The Bertz CT molecular complexity index is 1140. The van der Waals surface area contributed by atoms with E-state index in [-0.39, 0.29) is 28.3 Å². The van der Waals surface area contributed by atoms with E-state index in [9.17, 15) is 14.0 Å². The molecule has 1 aliphatic rings. The molecule has 1 aliphatic carbocycles. The van der Waals surface area contributed by atoms with Crippen molar-refractivity contribution in [2.24, 2.45) is 0 Å². The van der Waals surface area contributed by atoms with Crippen LogP contribution in [0.5, 0.6) is 0 Å². The van der Waals surface area contributed by atoms with Crippen molar-refractivity contribution >= 4 is 45.9 Å². The largest absolute Gasteiger partial charge is 0.324 e. The zero-order chi connectivity index (χ0) is 21.1. The average molecular weight is 446 g/mol. The highest BCUT2D eigenvalue weighted by Crippen LogP contribution is 2.31. The van der Waals surface area contributed by atoms with Crippen LogP contribution in [0.15, 0.2) is 52.4 Å². The molecule has 0 saturated heterocycles. The van der Waals surface area contributed by atoms with Crippen molar-refractivity contribution in [1.82, 2.24) is 9.55 Å². The van der Waals surface area contributed by atoms with Crippen LogP contribution in [0.1, 0.15) is 38.1 Å². The predicted molar refractivity (Wildman–Crippen MR) is 119 cm³/mol. The molecule has 4 rings (SSSR count). The summed E-state index contributed by atoms with van der Waals surface area (Å²) in [6.07, 6.45) is 5.21. The van der Waals surface area contributed by atoms with Crippen LogP contribution in [0.25, 0.3) is 10.9 Å². The molecule has 1 amide bonds. The maximum absolute atomic E-state index is 13.2. The van der Waals surface area contributed by atoms with E-state index in [2.05, 4.69) is 10.3 Å². The van der Waals surface area contributed by atoms with Crippen molar-refractivity contribution in [3.63, 3.8) is 0 Å². The molecule has 8 heteroatoms. The third-order valence-electron chi connectivity index (χ3n) is 5.25. The third kappa shape index (κ3) is 4.52. The molecular weight excluding hydrogens is 425 g/mol. The molecule has 156 valence electrons. The fourth-order valence-electron chi connectivity index (χ4n) is 3.80. The quantitative estimate of drug-likeness (QED) is 0.420. The topological polar surface area (TPSA) is 64.0 Å². The molecule has 1 N–H and O–H groups in total. The van der Waals surface area contributed by atoms with E-state index in [1.165, 1.54) is 30.3 Å². The van der Waals surface area contributed by atoms with Gasteiger partial charge in [-0.3, -0.25) is 14.2 Å². The van der Waals surface area contributed by atoms with Gasteiger partial charge >= 0.3 is 0 Å². The fraction of sp³-hybridized carbons (Fsp3) is 0.318. The molecule has 1 fully saturated rings. The van der Waals surface area contributed by atoms with Crippen molar-refractivity contribution < 1.29 is 9.18 Å². The van der Waals surface area contributed by atoms with Gasteiger partial charge in [0.2, 0.25) is 5.91 Å². The lowest BCUT2D eigenvalue weighted by atomic mass is 9.95. The molecule has 0 spiro atoms. The van der Waals surface area contributed by atoms with Crippen LogP contribution in [-0.4, -0.2) is 21.2 Å². The van der Waals surface area contributed by atoms with E-state index < -0.39 is 5.82 Å². The molecule has 0 aliphatic heterocycles.